The number of benzene rings is 1. The number of amides is 2. The van der Waals surface area contributed by atoms with Crippen LogP contribution in [0.25, 0.3) is 0 Å². The zero-order valence-corrected chi connectivity index (χ0v) is 17.2. The number of carbonyl (C=O) groups excluding carboxylic acids is 2. The number of halogens is 4. The van der Waals surface area contributed by atoms with Crippen molar-refractivity contribution in [3.8, 4) is 0 Å². The van der Waals surface area contributed by atoms with E-state index in [-0.39, 0.29) is 42.6 Å². The molecule has 2 N–H and O–H groups in total. The minimum atomic E-state index is -1.27. The SMILES string of the molecule is Cl.N[C@@H](CC(=O)N1CCSC1C(=O)N1CCOCC1)Cc1cc(F)c(F)cc1F. The van der Waals surface area contributed by atoms with Crippen LogP contribution in [0.15, 0.2) is 12.1 Å². The third-order valence-corrected chi connectivity index (χ3v) is 5.94. The van der Waals surface area contributed by atoms with Gasteiger partial charge in [-0.2, -0.15) is 0 Å². The monoisotopic (exact) mass is 453 g/mol. The van der Waals surface area contributed by atoms with Crippen LogP contribution in [0.4, 0.5) is 13.2 Å². The molecule has 2 heterocycles. The molecule has 0 radical (unpaired) electrons. The molecule has 0 saturated carbocycles. The first kappa shape index (κ1) is 23.8. The summed E-state index contributed by atoms with van der Waals surface area (Å²) in [5, 5.41) is -0.599. The number of carbonyl (C=O) groups is 2. The lowest BCUT2D eigenvalue weighted by Crippen LogP contribution is -2.50. The average molecular weight is 454 g/mol. The Balaban J connectivity index is 0.00000300. The molecule has 0 bridgehead atoms. The summed E-state index contributed by atoms with van der Waals surface area (Å²) in [6, 6.07) is 0.440. The van der Waals surface area contributed by atoms with Crippen LogP contribution in [0.1, 0.15) is 12.0 Å². The van der Waals surface area contributed by atoms with E-state index in [1.165, 1.54) is 16.7 Å². The van der Waals surface area contributed by atoms with E-state index in [9.17, 15) is 22.8 Å². The molecular formula is C18H23ClF3N3O3S. The van der Waals surface area contributed by atoms with E-state index < -0.39 is 28.9 Å². The molecule has 162 valence electrons. The molecule has 3 rings (SSSR count). The minimum absolute atomic E-state index is 0. The van der Waals surface area contributed by atoms with Crippen LogP contribution < -0.4 is 5.73 Å². The van der Waals surface area contributed by atoms with Crippen molar-refractivity contribution in [2.24, 2.45) is 5.73 Å². The fourth-order valence-electron chi connectivity index (χ4n) is 3.29. The Kier molecular flexibility index (Phi) is 8.62. The molecule has 0 aromatic heterocycles. The highest BCUT2D eigenvalue weighted by Gasteiger charge is 2.37. The van der Waals surface area contributed by atoms with Gasteiger partial charge in [0.05, 0.1) is 13.2 Å². The van der Waals surface area contributed by atoms with Crippen molar-refractivity contribution in [2.45, 2.75) is 24.3 Å². The van der Waals surface area contributed by atoms with Crippen LogP contribution in [0.3, 0.4) is 0 Å². The van der Waals surface area contributed by atoms with Gasteiger partial charge in [0.15, 0.2) is 17.0 Å². The Labute approximate surface area is 177 Å². The molecule has 11 heteroatoms. The summed E-state index contributed by atoms with van der Waals surface area (Å²) in [6.07, 6.45) is -0.232. The van der Waals surface area contributed by atoms with E-state index in [1.807, 2.05) is 0 Å². The molecule has 29 heavy (non-hydrogen) atoms. The summed E-state index contributed by atoms with van der Waals surface area (Å²) in [4.78, 5) is 28.5. The van der Waals surface area contributed by atoms with Gasteiger partial charge in [-0.05, 0) is 18.1 Å². The molecule has 1 unspecified atom stereocenters. The second-order valence-corrected chi connectivity index (χ2v) is 7.96. The van der Waals surface area contributed by atoms with Gasteiger partial charge in [-0.25, -0.2) is 13.2 Å². The molecule has 2 atom stereocenters. The highest BCUT2D eigenvalue weighted by atomic mass is 35.5. The molecule has 2 saturated heterocycles. The molecule has 6 nitrogen and oxygen atoms in total. The summed E-state index contributed by atoms with van der Waals surface area (Å²) in [5.41, 5.74) is 5.86. The Bertz CT molecular complexity index is 753. The summed E-state index contributed by atoms with van der Waals surface area (Å²) >= 11 is 1.40. The highest BCUT2D eigenvalue weighted by Crippen LogP contribution is 2.27. The summed E-state index contributed by atoms with van der Waals surface area (Å²) < 4.78 is 45.4. The fraction of sp³-hybridized carbons (Fsp3) is 0.556. The average Bonchev–Trinajstić information content (AvgIpc) is 3.16. The first-order chi connectivity index (χ1) is 13.4. The number of ether oxygens (including phenoxy) is 1. The molecule has 2 fully saturated rings. The Morgan fingerprint density at radius 3 is 2.48 bits per heavy atom. The van der Waals surface area contributed by atoms with Gasteiger partial charge in [-0.3, -0.25) is 9.59 Å². The topological polar surface area (TPSA) is 75.9 Å². The van der Waals surface area contributed by atoms with E-state index in [2.05, 4.69) is 0 Å². The standard InChI is InChI=1S/C18H22F3N3O3S.ClH/c19-13-10-15(21)14(20)8-11(13)7-12(22)9-16(25)24-3-6-28-18(24)17(26)23-1-4-27-5-2-23;/h8,10,12,18H,1-7,9,22H2;1H/t12-,18?;/m1./s1. The maximum Gasteiger partial charge on any atom is 0.256 e. The highest BCUT2D eigenvalue weighted by molar-refractivity contribution is 8.00. The first-order valence-corrected chi connectivity index (χ1v) is 10.1. The van der Waals surface area contributed by atoms with Crippen molar-refractivity contribution in [2.75, 3.05) is 38.6 Å². The van der Waals surface area contributed by atoms with Crippen LogP contribution in [-0.4, -0.2) is 71.6 Å². The van der Waals surface area contributed by atoms with Gasteiger partial charge in [-0.15, -0.1) is 24.2 Å². The Morgan fingerprint density at radius 1 is 1.14 bits per heavy atom. The van der Waals surface area contributed by atoms with E-state index in [1.54, 1.807) is 4.90 Å². The van der Waals surface area contributed by atoms with Crippen molar-refractivity contribution >= 4 is 36.0 Å². The lowest BCUT2D eigenvalue weighted by atomic mass is 10.0. The third-order valence-electron chi connectivity index (χ3n) is 4.75. The normalized spacial score (nSPS) is 20.3. The van der Waals surface area contributed by atoms with Crippen LogP contribution in [0.2, 0.25) is 0 Å². The molecule has 1 aromatic carbocycles. The quantitative estimate of drug-likeness (QED) is 0.684. The number of morpholine rings is 1. The second kappa shape index (κ2) is 10.5. The minimum Gasteiger partial charge on any atom is -0.378 e. The number of thioether (sulfide) groups is 1. The Morgan fingerprint density at radius 2 is 1.79 bits per heavy atom. The van der Waals surface area contributed by atoms with Gasteiger partial charge in [-0.1, -0.05) is 0 Å². The zero-order valence-electron chi connectivity index (χ0n) is 15.6. The van der Waals surface area contributed by atoms with Crippen LogP contribution >= 0.6 is 24.2 Å². The van der Waals surface area contributed by atoms with E-state index in [4.69, 9.17) is 10.5 Å². The van der Waals surface area contributed by atoms with Gasteiger partial charge < -0.3 is 20.3 Å². The molecule has 2 aliphatic heterocycles. The van der Waals surface area contributed by atoms with E-state index >= 15 is 0 Å². The van der Waals surface area contributed by atoms with Gasteiger partial charge in [0, 0.05) is 43.9 Å². The van der Waals surface area contributed by atoms with Crippen LogP contribution in [-0.2, 0) is 20.7 Å². The van der Waals surface area contributed by atoms with Crippen molar-refractivity contribution in [3.63, 3.8) is 0 Å². The van der Waals surface area contributed by atoms with Gasteiger partial charge >= 0.3 is 0 Å². The Hall–Kier alpha value is -1.49. The summed E-state index contributed by atoms with van der Waals surface area (Å²) in [6.45, 7) is 2.36. The number of nitrogens with zero attached hydrogens (tertiary/aromatic N) is 2. The van der Waals surface area contributed by atoms with E-state index in [0.717, 1.165) is 6.07 Å². The summed E-state index contributed by atoms with van der Waals surface area (Å²) in [7, 11) is 0. The van der Waals surface area contributed by atoms with Crippen molar-refractivity contribution < 1.29 is 27.5 Å². The number of hydrogen-bond acceptors (Lipinski definition) is 5. The molecule has 2 amide bonds. The van der Waals surface area contributed by atoms with Gasteiger partial charge in [0.2, 0.25) is 5.91 Å². The lowest BCUT2D eigenvalue weighted by Gasteiger charge is -2.32. The van der Waals surface area contributed by atoms with Crippen LogP contribution in [0.5, 0.6) is 0 Å². The lowest BCUT2D eigenvalue weighted by molar-refractivity contribution is -0.144. The molecule has 2 aliphatic rings. The van der Waals surface area contributed by atoms with Crippen molar-refractivity contribution in [1.29, 1.82) is 0 Å². The largest absolute Gasteiger partial charge is 0.378 e. The molecule has 0 spiro atoms. The van der Waals surface area contributed by atoms with Gasteiger partial charge in [0.1, 0.15) is 5.82 Å². The number of nitrogens with two attached hydrogens (primary N) is 1. The predicted molar refractivity (Wildman–Crippen MR) is 105 cm³/mol. The fourth-order valence-corrected chi connectivity index (χ4v) is 4.51. The predicted octanol–water partition coefficient (Wildman–Crippen LogP) is 1.55. The smallest absolute Gasteiger partial charge is 0.256 e. The van der Waals surface area contributed by atoms with E-state index in [0.29, 0.717) is 44.7 Å². The third kappa shape index (κ3) is 5.78. The summed E-state index contributed by atoms with van der Waals surface area (Å²) in [5.74, 6) is -3.14. The second-order valence-electron chi connectivity index (χ2n) is 6.77. The van der Waals surface area contributed by atoms with Crippen molar-refractivity contribution in [1.82, 2.24) is 9.80 Å². The first-order valence-electron chi connectivity index (χ1n) is 9.03. The maximum absolute atomic E-state index is 13.8. The number of hydrogen-bond donors (Lipinski definition) is 1. The van der Waals surface area contributed by atoms with Gasteiger partial charge in [0.25, 0.3) is 5.91 Å². The van der Waals surface area contributed by atoms with Crippen LogP contribution in [0, 0.1) is 17.5 Å². The zero-order chi connectivity index (χ0) is 20.3. The molecule has 1 aromatic rings. The van der Waals surface area contributed by atoms with Crippen molar-refractivity contribution in [3.05, 3.63) is 35.1 Å². The maximum atomic E-state index is 13.8. The molecular weight excluding hydrogens is 431 g/mol. The molecule has 0 aliphatic carbocycles. The number of rotatable bonds is 5.